The van der Waals surface area contributed by atoms with Crippen molar-refractivity contribution in [1.82, 2.24) is 9.55 Å². The lowest BCUT2D eigenvalue weighted by atomic mass is 10.1. The Bertz CT molecular complexity index is 666. The number of nitrogens with zero attached hydrogens (tertiary/aromatic N) is 2. The first-order valence-electron chi connectivity index (χ1n) is 7.33. The Labute approximate surface area is 130 Å². The number of rotatable bonds is 3. The highest BCUT2D eigenvalue weighted by molar-refractivity contribution is 5.42. The number of hydrogen-bond donors (Lipinski definition) is 4. The second-order valence-electron chi connectivity index (χ2n) is 5.51. The van der Waals surface area contributed by atoms with Gasteiger partial charge in [-0.2, -0.15) is 0 Å². The molecule has 0 bridgehead atoms. The highest BCUT2D eigenvalue weighted by Crippen LogP contribution is 2.28. The summed E-state index contributed by atoms with van der Waals surface area (Å²) in [7, 11) is 0. The van der Waals surface area contributed by atoms with Gasteiger partial charge in [-0.15, -0.1) is 0 Å². The van der Waals surface area contributed by atoms with Gasteiger partial charge in [-0.1, -0.05) is 0 Å². The summed E-state index contributed by atoms with van der Waals surface area (Å²) < 4.78 is 11.6. The van der Waals surface area contributed by atoms with Crippen molar-refractivity contribution in [3.8, 4) is 0 Å². The number of aromatic nitrogens is 2. The van der Waals surface area contributed by atoms with Crippen molar-refractivity contribution in [1.29, 1.82) is 0 Å². The zero-order chi connectivity index (χ0) is 16.6. The molecule has 3 rings (SSSR count). The van der Waals surface area contributed by atoms with E-state index in [1.54, 1.807) is 4.90 Å². The number of aliphatic hydroxyl groups is 3. The van der Waals surface area contributed by atoms with Crippen LogP contribution in [-0.4, -0.2) is 76.1 Å². The molecule has 4 N–H and O–H groups in total. The lowest BCUT2D eigenvalue weighted by molar-refractivity contribution is -0.0549. The number of morpholine rings is 1. The fraction of sp³-hybridized carbons (Fsp3) is 0.692. The third kappa shape index (κ3) is 2.91. The monoisotopic (exact) mass is 329 g/mol. The second-order valence-corrected chi connectivity index (χ2v) is 5.51. The minimum Gasteiger partial charge on any atom is -0.394 e. The van der Waals surface area contributed by atoms with Crippen LogP contribution in [0, 0.1) is 0 Å². The lowest BCUT2D eigenvalue weighted by Crippen LogP contribution is -2.43. The van der Waals surface area contributed by atoms with Crippen LogP contribution in [0.4, 0.5) is 5.69 Å². The summed E-state index contributed by atoms with van der Waals surface area (Å²) in [5.74, 6) is 0. The van der Waals surface area contributed by atoms with Crippen LogP contribution in [0.2, 0.25) is 0 Å². The molecule has 2 fully saturated rings. The molecule has 0 aliphatic carbocycles. The number of hydrogen-bond acceptors (Lipinski definition) is 8. The first-order valence-corrected chi connectivity index (χ1v) is 7.33. The Kier molecular flexibility index (Phi) is 4.50. The molecule has 4 atom stereocenters. The van der Waals surface area contributed by atoms with E-state index in [0.717, 1.165) is 4.57 Å². The van der Waals surface area contributed by atoms with Crippen LogP contribution in [0.3, 0.4) is 0 Å². The molecule has 3 heterocycles. The normalized spacial score (nSPS) is 31.5. The Morgan fingerprint density at radius 2 is 1.91 bits per heavy atom. The summed E-state index contributed by atoms with van der Waals surface area (Å²) in [6, 6.07) is 0. The molecule has 1 aromatic heterocycles. The number of ether oxygens (including phenoxy) is 2. The minimum atomic E-state index is -1.40. The van der Waals surface area contributed by atoms with Gasteiger partial charge >= 0.3 is 5.69 Å². The maximum absolute atomic E-state index is 12.0. The van der Waals surface area contributed by atoms with Gasteiger partial charge < -0.3 is 29.7 Å². The highest BCUT2D eigenvalue weighted by Gasteiger charge is 2.44. The molecule has 10 nitrogen and oxygen atoms in total. The third-order valence-electron chi connectivity index (χ3n) is 4.09. The molecule has 128 valence electrons. The van der Waals surface area contributed by atoms with Crippen LogP contribution in [-0.2, 0) is 9.47 Å². The number of H-pyrrole nitrogens is 1. The van der Waals surface area contributed by atoms with Crippen LogP contribution < -0.4 is 16.1 Å². The molecule has 0 amide bonds. The van der Waals surface area contributed by atoms with E-state index < -0.39 is 42.4 Å². The SMILES string of the molecule is O=c1[nH]c(=O)n([C@H]2O[C@@H](CO)[C@@H](O)[C@@H]2O)cc1N1CCOCC1. The van der Waals surface area contributed by atoms with Crippen molar-refractivity contribution in [2.45, 2.75) is 24.5 Å². The van der Waals surface area contributed by atoms with Crippen LogP contribution in [0.1, 0.15) is 6.23 Å². The number of anilines is 1. The van der Waals surface area contributed by atoms with Gasteiger partial charge in [0.15, 0.2) is 6.23 Å². The van der Waals surface area contributed by atoms with Gasteiger partial charge in [0, 0.05) is 19.3 Å². The predicted octanol–water partition coefficient (Wildman–Crippen LogP) is -3.02. The van der Waals surface area contributed by atoms with E-state index in [4.69, 9.17) is 14.6 Å². The molecule has 0 unspecified atom stereocenters. The molecule has 2 aliphatic heterocycles. The molecule has 2 aliphatic rings. The maximum Gasteiger partial charge on any atom is 0.330 e. The average molecular weight is 329 g/mol. The molecule has 23 heavy (non-hydrogen) atoms. The molecule has 0 saturated carbocycles. The fourth-order valence-corrected chi connectivity index (χ4v) is 2.80. The second kappa shape index (κ2) is 6.42. The van der Waals surface area contributed by atoms with Crippen LogP contribution >= 0.6 is 0 Å². The highest BCUT2D eigenvalue weighted by atomic mass is 16.6. The summed E-state index contributed by atoms with van der Waals surface area (Å²) in [5, 5.41) is 29.0. The molecular weight excluding hydrogens is 310 g/mol. The van der Waals surface area contributed by atoms with E-state index in [1.807, 2.05) is 0 Å². The van der Waals surface area contributed by atoms with Crippen LogP contribution in [0.5, 0.6) is 0 Å². The fourth-order valence-electron chi connectivity index (χ4n) is 2.80. The quantitative estimate of drug-likeness (QED) is 0.460. The van der Waals surface area contributed by atoms with Gasteiger partial charge in [-0.25, -0.2) is 4.79 Å². The molecule has 0 radical (unpaired) electrons. The van der Waals surface area contributed by atoms with E-state index in [-0.39, 0.29) is 5.69 Å². The van der Waals surface area contributed by atoms with Crippen LogP contribution in [0.25, 0.3) is 0 Å². The Morgan fingerprint density at radius 1 is 1.22 bits per heavy atom. The van der Waals surface area contributed by atoms with Crippen molar-refractivity contribution in [2.75, 3.05) is 37.8 Å². The van der Waals surface area contributed by atoms with Crippen LogP contribution in [0.15, 0.2) is 15.8 Å². The van der Waals surface area contributed by atoms with Crippen molar-refractivity contribution in [2.24, 2.45) is 0 Å². The average Bonchev–Trinajstić information content (AvgIpc) is 2.84. The van der Waals surface area contributed by atoms with E-state index in [9.17, 15) is 19.8 Å². The summed E-state index contributed by atoms with van der Waals surface area (Å²) in [6.07, 6.45) is -3.61. The smallest absolute Gasteiger partial charge is 0.330 e. The van der Waals surface area contributed by atoms with Gasteiger partial charge in [0.05, 0.1) is 19.8 Å². The maximum atomic E-state index is 12.0. The molecule has 1 aromatic rings. The lowest BCUT2D eigenvalue weighted by Gasteiger charge is -2.28. The Hall–Kier alpha value is -1.72. The summed E-state index contributed by atoms with van der Waals surface area (Å²) in [6.45, 7) is 1.43. The summed E-state index contributed by atoms with van der Waals surface area (Å²) in [4.78, 5) is 28.0. The standard InChI is InChI=1S/C13H19N3O7/c17-6-8-9(18)10(19)12(23-8)16-5-7(11(20)14-13(16)21)15-1-3-22-4-2-15/h5,8-10,12,17-19H,1-4,6H2,(H,14,20,21)/t8-,9+,10-,12-/m0/s1. The van der Waals surface area contributed by atoms with Gasteiger partial charge in [-0.05, 0) is 0 Å². The van der Waals surface area contributed by atoms with Gasteiger partial charge in [0.2, 0.25) is 0 Å². The zero-order valence-electron chi connectivity index (χ0n) is 12.3. The van der Waals surface area contributed by atoms with Crippen molar-refractivity contribution in [3.63, 3.8) is 0 Å². The third-order valence-corrected chi connectivity index (χ3v) is 4.09. The number of nitrogens with one attached hydrogen (secondary N) is 1. The van der Waals surface area contributed by atoms with E-state index in [1.165, 1.54) is 6.20 Å². The number of aromatic amines is 1. The van der Waals surface area contributed by atoms with E-state index in [2.05, 4.69) is 4.98 Å². The Balaban J connectivity index is 1.96. The van der Waals surface area contributed by atoms with Crippen molar-refractivity contribution >= 4 is 5.69 Å². The molecular formula is C13H19N3O7. The van der Waals surface area contributed by atoms with Crippen molar-refractivity contribution in [3.05, 3.63) is 27.0 Å². The predicted molar refractivity (Wildman–Crippen MR) is 77.4 cm³/mol. The van der Waals surface area contributed by atoms with Gasteiger partial charge in [0.25, 0.3) is 5.56 Å². The van der Waals surface area contributed by atoms with Crippen molar-refractivity contribution < 1.29 is 24.8 Å². The van der Waals surface area contributed by atoms with E-state index in [0.29, 0.717) is 26.3 Å². The van der Waals surface area contributed by atoms with E-state index >= 15 is 0 Å². The molecule has 0 aromatic carbocycles. The summed E-state index contributed by atoms with van der Waals surface area (Å²) >= 11 is 0. The summed E-state index contributed by atoms with van der Waals surface area (Å²) in [5.41, 5.74) is -1.05. The number of aliphatic hydroxyl groups excluding tert-OH is 3. The zero-order valence-corrected chi connectivity index (χ0v) is 12.3. The molecule has 2 saturated heterocycles. The molecule has 0 spiro atoms. The Morgan fingerprint density at radius 3 is 2.52 bits per heavy atom. The van der Waals surface area contributed by atoms with Gasteiger partial charge in [0.1, 0.15) is 24.0 Å². The first kappa shape index (κ1) is 16.1. The van der Waals surface area contributed by atoms with Gasteiger partial charge in [-0.3, -0.25) is 14.3 Å². The topological polar surface area (TPSA) is 137 Å². The first-order chi connectivity index (χ1) is 11.0. The largest absolute Gasteiger partial charge is 0.394 e. The minimum absolute atomic E-state index is 0.255. The molecule has 10 heteroatoms.